The van der Waals surface area contributed by atoms with Crippen molar-refractivity contribution in [2.45, 2.75) is 12.5 Å². The summed E-state index contributed by atoms with van der Waals surface area (Å²) in [5.74, 6) is 0. The van der Waals surface area contributed by atoms with Crippen LogP contribution in [0.2, 0.25) is 0 Å². The van der Waals surface area contributed by atoms with E-state index in [1.807, 2.05) is 0 Å². The molecule has 0 bridgehead atoms. The van der Waals surface area contributed by atoms with Crippen molar-refractivity contribution in [1.29, 1.82) is 0 Å². The molecule has 0 saturated carbocycles. The average molecular weight is 162 g/mol. The van der Waals surface area contributed by atoms with Gasteiger partial charge in [0.2, 0.25) is 0 Å². The van der Waals surface area contributed by atoms with Crippen molar-refractivity contribution in [3.63, 3.8) is 0 Å². The minimum atomic E-state index is 0.502. The number of rotatable bonds is 1. The average Bonchev–Trinajstić information content (AvgIpc) is 2.44. The summed E-state index contributed by atoms with van der Waals surface area (Å²) >= 11 is 0. The van der Waals surface area contributed by atoms with Gasteiger partial charge in [-0.05, 0) is 18.1 Å². The topological polar surface area (TPSA) is 29.3 Å². The molecular weight excluding hydrogens is 148 g/mol. The predicted octanol–water partition coefficient (Wildman–Crippen LogP) is 1.01. The van der Waals surface area contributed by atoms with Crippen molar-refractivity contribution in [3.05, 3.63) is 29.8 Å². The number of nitrogens with zero attached hydrogens (tertiary/aromatic N) is 1. The molecule has 2 rings (SSSR count). The van der Waals surface area contributed by atoms with Crippen LogP contribution in [0.4, 0.5) is 5.69 Å². The molecule has 1 aliphatic heterocycles. The van der Waals surface area contributed by atoms with E-state index < -0.39 is 0 Å². The smallest absolute Gasteiger partial charge is 0.0450 e. The van der Waals surface area contributed by atoms with Crippen LogP contribution in [0.1, 0.15) is 5.56 Å². The van der Waals surface area contributed by atoms with Crippen LogP contribution < -0.4 is 10.6 Å². The van der Waals surface area contributed by atoms with E-state index in [0.29, 0.717) is 6.04 Å². The fourth-order valence-electron chi connectivity index (χ4n) is 1.86. The molecule has 1 atom stereocenters. The van der Waals surface area contributed by atoms with E-state index in [-0.39, 0.29) is 0 Å². The molecule has 0 aliphatic carbocycles. The number of nitrogens with two attached hydrogens (primary N) is 1. The minimum Gasteiger partial charge on any atom is -0.370 e. The molecule has 64 valence electrons. The van der Waals surface area contributed by atoms with E-state index in [1.54, 1.807) is 0 Å². The monoisotopic (exact) mass is 162 g/mol. The zero-order valence-corrected chi connectivity index (χ0v) is 7.33. The van der Waals surface area contributed by atoms with E-state index in [9.17, 15) is 0 Å². The van der Waals surface area contributed by atoms with Crippen molar-refractivity contribution in [2.75, 3.05) is 18.5 Å². The molecule has 2 nitrogen and oxygen atoms in total. The summed E-state index contributed by atoms with van der Waals surface area (Å²) < 4.78 is 0. The number of para-hydroxylation sites is 1. The maximum absolute atomic E-state index is 5.66. The molecule has 0 amide bonds. The Morgan fingerprint density at radius 1 is 1.50 bits per heavy atom. The predicted molar refractivity (Wildman–Crippen MR) is 51.4 cm³/mol. The zero-order chi connectivity index (χ0) is 8.55. The fraction of sp³-hybridized carbons (Fsp3) is 0.400. The first-order chi connectivity index (χ1) is 5.83. The van der Waals surface area contributed by atoms with Crippen molar-refractivity contribution in [2.24, 2.45) is 5.73 Å². The lowest BCUT2D eigenvalue weighted by atomic mass is 10.1. The van der Waals surface area contributed by atoms with Crippen LogP contribution in [-0.4, -0.2) is 19.6 Å². The van der Waals surface area contributed by atoms with E-state index in [0.717, 1.165) is 13.0 Å². The second-order valence-corrected chi connectivity index (χ2v) is 3.33. The van der Waals surface area contributed by atoms with Crippen LogP contribution in [0.25, 0.3) is 0 Å². The van der Waals surface area contributed by atoms with E-state index in [1.165, 1.54) is 11.3 Å². The number of hydrogen-bond acceptors (Lipinski definition) is 2. The number of benzene rings is 1. The van der Waals surface area contributed by atoms with Gasteiger partial charge in [0.25, 0.3) is 0 Å². The van der Waals surface area contributed by atoms with Crippen LogP contribution in [0, 0.1) is 0 Å². The van der Waals surface area contributed by atoms with Gasteiger partial charge in [0.15, 0.2) is 0 Å². The summed E-state index contributed by atoms with van der Waals surface area (Å²) in [7, 11) is 2.11. The van der Waals surface area contributed by atoms with Gasteiger partial charge in [0.05, 0.1) is 0 Å². The number of likely N-dealkylation sites (N-methyl/N-ethyl adjacent to an activating group) is 1. The molecule has 1 unspecified atom stereocenters. The summed E-state index contributed by atoms with van der Waals surface area (Å²) in [6.45, 7) is 0.741. The Hall–Kier alpha value is -1.02. The lowest BCUT2D eigenvalue weighted by Gasteiger charge is -2.20. The van der Waals surface area contributed by atoms with Gasteiger partial charge in [-0.15, -0.1) is 0 Å². The number of anilines is 1. The van der Waals surface area contributed by atoms with Gasteiger partial charge in [-0.2, -0.15) is 0 Å². The maximum Gasteiger partial charge on any atom is 0.0450 e. The van der Waals surface area contributed by atoms with Gasteiger partial charge in [-0.25, -0.2) is 0 Å². The summed E-state index contributed by atoms with van der Waals surface area (Å²) in [5, 5.41) is 0. The third-order valence-corrected chi connectivity index (χ3v) is 2.65. The Morgan fingerprint density at radius 2 is 2.25 bits per heavy atom. The zero-order valence-electron chi connectivity index (χ0n) is 7.33. The molecule has 0 fully saturated rings. The molecule has 0 radical (unpaired) electrons. The molecule has 2 N–H and O–H groups in total. The second kappa shape index (κ2) is 2.79. The Kier molecular flexibility index (Phi) is 1.77. The van der Waals surface area contributed by atoms with Gasteiger partial charge in [0, 0.05) is 25.3 Å². The van der Waals surface area contributed by atoms with Crippen LogP contribution in [0.5, 0.6) is 0 Å². The van der Waals surface area contributed by atoms with Crippen molar-refractivity contribution >= 4 is 5.69 Å². The SMILES string of the molecule is CN1c2ccccc2CC1CN. The van der Waals surface area contributed by atoms with Gasteiger partial charge >= 0.3 is 0 Å². The lowest BCUT2D eigenvalue weighted by molar-refractivity contribution is 0.675. The first-order valence-corrected chi connectivity index (χ1v) is 4.33. The van der Waals surface area contributed by atoms with Crippen LogP contribution in [-0.2, 0) is 6.42 Å². The van der Waals surface area contributed by atoms with Gasteiger partial charge < -0.3 is 10.6 Å². The summed E-state index contributed by atoms with van der Waals surface area (Å²) in [6, 6.07) is 9.01. The summed E-state index contributed by atoms with van der Waals surface area (Å²) in [5.41, 5.74) is 8.43. The van der Waals surface area contributed by atoms with Crippen LogP contribution in [0.3, 0.4) is 0 Å². The molecule has 0 spiro atoms. The van der Waals surface area contributed by atoms with Crippen molar-refractivity contribution in [1.82, 2.24) is 0 Å². The molecule has 2 heteroatoms. The largest absolute Gasteiger partial charge is 0.370 e. The van der Waals surface area contributed by atoms with Crippen LogP contribution >= 0.6 is 0 Å². The molecule has 1 heterocycles. The Morgan fingerprint density at radius 3 is 2.92 bits per heavy atom. The number of hydrogen-bond donors (Lipinski definition) is 1. The minimum absolute atomic E-state index is 0.502. The van der Waals surface area contributed by atoms with E-state index in [2.05, 4.69) is 36.2 Å². The molecule has 1 aromatic carbocycles. The van der Waals surface area contributed by atoms with Gasteiger partial charge in [0.1, 0.15) is 0 Å². The molecule has 1 aliphatic rings. The number of fused-ring (bicyclic) bond motifs is 1. The van der Waals surface area contributed by atoms with Gasteiger partial charge in [-0.3, -0.25) is 0 Å². The highest BCUT2D eigenvalue weighted by Gasteiger charge is 2.23. The first kappa shape index (κ1) is 7.62. The highest BCUT2D eigenvalue weighted by molar-refractivity contribution is 5.58. The Bertz CT molecular complexity index is 283. The first-order valence-electron chi connectivity index (χ1n) is 4.33. The van der Waals surface area contributed by atoms with Crippen molar-refractivity contribution < 1.29 is 0 Å². The molecular formula is C10H14N2. The Balaban J connectivity index is 2.35. The molecule has 0 saturated heterocycles. The quantitative estimate of drug-likeness (QED) is 0.667. The van der Waals surface area contributed by atoms with Gasteiger partial charge in [-0.1, -0.05) is 18.2 Å². The summed E-state index contributed by atoms with van der Waals surface area (Å²) in [6.07, 6.45) is 1.10. The standard InChI is InChI=1S/C10H14N2/c1-12-9(7-11)6-8-4-2-3-5-10(8)12/h2-5,9H,6-7,11H2,1H3. The van der Waals surface area contributed by atoms with E-state index in [4.69, 9.17) is 5.73 Å². The third kappa shape index (κ3) is 0.994. The fourth-order valence-corrected chi connectivity index (χ4v) is 1.86. The molecule has 1 aromatic rings. The molecule has 12 heavy (non-hydrogen) atoms. The van der Waals surface area contributed by atoms with E-state index >= 15 is 0 Å². The second-order valence-electron chi connectivity index (χ2n) is 3.33. The summed E-state index contributed by atoms with van der Waals surface area (Å²) in [4.78, 5) is 2.27. The highest BCUT2D eigenvalue weighted by Crippen LogP contribution is 2.29. The third-order valence-electron chi connectivity index (χ3n) is 2.65. The highest BCUT2D eigenvalue weighted by atomic mass is 15.2. The normalized spacial score (nSPS) is 21.2. The van der Waals surface area contributed by atoms with Crippen molar-refractivity contribution in [3.8, 4) is 0 Å². The van der Waals surface area contributed by atoms with Crippen LogP contribution in [0.15, 0.2) is 24.3 Å². The Labute approximate surface area is 73.0 Å². The maximum atomic E-state index is 5.66. The molecule has 0 aromatic heterocycles. The lowest BCUT2D eigenvalue weighted by Crippen LogP contribution is -2.34.